The zero-order chi connectivity index (χ0) is 14.3. The SMILES string of the molecule is Nc1ccccc1C(=O)O.O=CC(=O)c1ccco1. The summed E-state index contributed by atoms with van der Waals surface area (Å²) in [5.41, 5.74) is 5.80. The Labute approximate surface area is 108 Å². The van der Waals surface area contributed by atoms with E-state index in [0.29, 0.717) is 5.69 Å². The smallest absolute Gasteiger partial charge is 0.337 e. The number of nitrogen functional groups attached to an aromatic ring is 1. The van der Waals surface area contributed by atoms with Crippen LogP contribution in [-0.4, -0.2) is 23.1 Å². The van der Waals surface area contributed by atoms with Crippen LogP contribution in [0.15, 0.2) is 47.1 Å². The maximum absolute atomic E-state index is 10.4. The molecule has 0 aliphatic rings. The number of Topliss-reactive ketones (excluding diaryl/α,β-unsaturated/α-hetero) is 1. The third-order valence-electron chi connectivity index (χ3n) is 2.06. The number of ketones is 1. The molecule has 0 fully saturated rings. The zero-order valence-electron chi connectivity index (χ0n) is 9.78. The molecule has 0 saturated heterocycles. The van der Waals surface area contributed by atoms with Gasteiger partial charge in [0.2, 0.25) is 0 Å². The molecule has 98 valence electrons. The Morgan fingerprint density at radius 3 is 2.26 bits per heavy atom. The monoisotopic (exact) mass is 261 g/mol. The fraction of sp³-hybridized carbons (Fsp3) is 0. The van der Waals surface area contributed by atoms with E-state index in [1.807, 2.05) is 0 Å². The minimum atomic E-state index is -0.988. The molecular weight excluding hydrogens is 250 g/mol. The first-order valence-corrected chi connectivity index (χ1v) is 5.17. The van der Waals surface area contributed by atoms with Crippen LogP contribution in [0.1, 0.15) is 20.9 Å². The number of aldehydes is 1. The number of furan rings is 1. The predicted molar refractivity (Wildman–Crippen MR) is 66.9 cm³/mol. The number of hydrogen-bond donors (Lipinski definition) is 2. The van der Waals surface area contributed by atoms with Crippen molar-refractivity contribution in [2.75, 3.05) is 5.73 Å². The summed E-state index contributed by atoms with van der Waals surface area (Å²) in [4.78, 5) is 30.5. The van der Waals surface area contributed by atoms with Crippen LogP contribution in [0.3, 0.4) is 0 Å². The first kappa shape index (κ1) is 14.2. The molecule has 1 aromatic carbocycles. The number of anilines is 1. The molecule has 0 spiro atoms. The topological polar surface area (TPSA) is 111 Å². The van der Waals surface area contributed by atoms with E-state index in [0.717, 1.165) is 0 Å². The van der Waals surface area contributed by atoms with Gasteiger partial charge in [-0.3, -0.25) is 9.59 Å². The van der Waals surface area contributed by atoms with E-state index < -0.39 is 11.8 Å². The molecule has 6 heteroatoms. The minimum absolute atomic E-state index is 0.0880. The third-order valence-corrected chi connectivity index (χ3v) is 2.06. The Balaban J connectivity index is 0.000000191. The van der Waals surface area contributed by atoms with E-state index in [2.05, 4.69) is 4.42 Å². The van der Waals surface area contributed by atoms with Crippen molar-refractivity contribution in [3.05, 3.63) is 54.0 Å². The fourth-order valence-corrected chi connectivity index (χ4v) is 1.17. The maximum atomic E-state index is 10.4. The van der Waals surface area contributed by atoms with Crippen molar-refractivity contribution in [1.29, 1.82) is 0 Å². The highest BCUT2D eigenvalue weighted by molar-refractivity contribution is 6.32. The quantitative estimate of drug-likeness (QED) is 0.376. The first-order chi connectivity index (χ1) is 9.06. The fourth-order valence-electron chi connectivity index (χ4n) is 1.17. The van der Waals surface area contributed by atoms with Gasteiger partial charge in [-0.05, 0) is 24.3 Å². The average Bonchev–Trinajstić information content (AvgIpc) is 2.92. The largest absolute Gasteiger partial charge is 0.478 e. The number of aromatic carboxylic acids is 1. The van der Waals surface area contributed by atoms with Crippen molar-refractivity contribution in [3.63, 3.8) is 0 Å². The summed E-state index contributed by atoms with van der Waals surface area (Å²) in [5.74, 6) is -1.52. The van der Waals surface area contributed by atoms with Crippen molar-refractivity contribution < 1.29 is 23.9 Å². The number of carboxylic acid groups (broad SMARTS) is 1. The van der Waals surface area contributed by atoms with E-state index in [-0.39, 0.29) is 17.6 Å². The van der Waals surface area contributed by atoms with Crippen LogP contribution < -0.4 is 5.73 Å². The van der Waals surface area contributed by atoms with Crippen LogP contribution in [0.25, 0.3) is 0 Å². The van der Waals surface area contributed by atoms with Crippen LogP contribution in [0.4, 0.5) is 5.69 Å². The van der Waals surface area contributed by atoms with E-state index in [9.17, 15) is 14.4 Å². The molecule has 0 aliphatic heterocycles. The predicted octanol–water partition coefficient (Wildman–Crippen LogP) is 1.63. The first-order valence-electron chi connectivity index (χ1n) is 5.17. The third kappa shape index (κ3) is 4.12. The molecule has 3 N–H and O–H groups in total. The van der Waals surface area contributed by atoms with Gasteiger partial charge in [0.05, 0.1) is 11.8 Å². The normalized spacial score (nSPS) is 9.05. The molecule has 0 aliphatic carbocycles. The Morgan fingerprint density at radius 2 is 1.84 bits per heavy atom. The van der Waals surface area contributed by atoms with Crippen molar-refractivity contribution in [3.8, 4) is 0 Å². The number of rotatable bonds is 3. The number of para-hydroxylation sites is 1. The van der Waals surface area contributed by atoms with Crippen LogP contribution in [0, 0.1) is 0 Å². The van der Waals surface area contributed by atoms with Gasteiger partial charge in [0, 0.05) is 5.69 Å². The molecule has 0 amide bonds. The van der Waals surface area contributed by atoms with Gasteiger partial charge in [0.15, 0.2) is 12.0 Å². The van der Waals surface area contributed by atoms with Gasteiger partial charge < -0.3 is 15.3 Å². The van der Waals surface area contributed by atoms with Crippen molar-refractivity contribution >= 4 is 23.7 Å². The van der Waals surface area contributed by atoms with Gasteiger partial charge in [-0.25, -0.2) is 4.79 Å². The van der Waals surface area contributed by atoms with Gasteiger partial charge in [0.25, 0.3) is 5.78 Å². The summed E-state index contributed by atoms with van der Waals surface area (Å²) < 4.78 is 4.61. The van der Waals surface area contributed by atoms with Crippen LogP contribution in [0.2, 0.25) is 0 Å². The summed E-state index contributed by atoms with van der Waals surface area (Å²) >= 11 is 0. The summed E-state index contributed by atoms with van der Waals surface area (Å²) in [6.07, 6.45) is 1.57. The van der Waals surface area contributed by atoms with Gasteiger partial charge >= 0.3 is 5.97 Å². The lowest BCUT2D eigenvalue weighted by atomic mass is 10.2. The molecule has 6 nitrogen and oxygen atoms in total. The molecule has 1 aromatic heterocycles. The summed E-state index contributed by atoms with van der Waals surface area (Å²) in [7, 11) is 0. The number of benzene rings is 1. The second-order valence-corrected chi connectivity index (χ2v) is 3.35. The highest BCUT2D eigenvalue weighted by Crippen LogP contribution is 2.09. The zero-order valence-corrected chi connectivity index (χ0v) is 9.78. The Bertz CT molecular complexity index is 574. The number of hydrogen-bond acceptors (Lipinski definition) is 5. The molecule has 1 heterocycles. The van der Waals surface area contributed by atoms with Crippen LogP contribution in [-0.2, 0) is 4.79 Å². The molecular formula is C13H11NO5. The van der Waals surface area contributed by atoms with Crippen molar-refractivity contribution in [1.82, 2.24) is 0 Å². The second kappa shape index (κ2) is 6.75. The molecule has 0 unspecified atom stereocenters. The molecule has 0 saturated carbocycles. The lowest BCUT2D eigenvalue weighted by Gasteiger charge is -1.96. The van der Waals surface area contributed by atoms with E-state index in [1.54, 1.807) is 24.3 Å². The molecule has 2 aromatic rings. The van der Waals surface area contributed by atoms with Crippen molar-refractivity contribution in [2.45, 2.75) is 0 Å². The van der Waals surface area contributed by atoms with E-state index in [4.69, 9.17) is 10.8 Å². The Morgan fingerprint density at radius 1 is 1.16 bits per heavy atom. The number of carbonyl (C=O) groups excluding carboxylic acids is 2. The van der Waals surface area contributed by atoms with Crippen LogP contribution in [0.5, 0.6) is 0 Å². The maximum Gasteiger partial charge on any atom is 0.337 e. The molecule has 0 bridgehead atoms. The summed E-state index contributed by atoms with van der Waals surface area (Å²) in [6, 6.07) is 9.36. The minimum Gasteiger partial charge on any atom is -0.478 e. The standard InChI is InChI=1S/C7H7NO2.C6H4O3/c8-6-4-2-1-3-5(6)7(9)10;7-4-5(8)6-2-1-3-9-6/h1-4H,8H2,(H,9,10);1-4H. The van der Waals surface area contributed by atoms with Gasteiger partial charge in [-0.15, -0.1) is 0 Å². The lowest BCUT2D eigenvalue weighted by Crippen LogP contribution is -2.00. The highest BCUT2D eigenvalue weighted by Gasteiger charge is 2.04. The second-order valence-electron chi connectivity index (χ2n) is 3.35. The number of carboxylic acids is 1. The molecule has 0 radical (unpaired) electrons. The number of carbonyl (C=O) groups is 3. The average molecular weight is 261 g/mol. The number of nitrogens with two attached hydrogens (primary N) is 1. The molecule has 2 rings (SSSR count). The van der Waals surface area contributed by atoms with E-state index in [1.165, 1.54) is 18.4 Å². The van der Waals surface area contributed by atoms with E-state index >= 15 is 0 Å². The van der Waals surface area contributed by atoms with Crippen LogP contribution >= 0.6 is 0 Å². The van der Waals surface area contributed by atoms with Gasteiger partial charge in [-0.1, -0.05) is 12.1 Å². The summed E-state index contributed by atoms with van der Waals surface area (Å²) in [5, 5.41) is 8.49. The Kier molecular flexibility index (Phi) is 5.04. The molecule has 0 atom stereocenters. The van der Waals surface area contributed by atoms with Gasteiger partial charge in [-0.2, -0.15) is 0 Å². The summed E-state index contributed by atoms with van der Waals surface area (Å²) in [6.45, 7) is 0. The van der Waals surface area contributed by atoms with Gasteiger partial charge in [0.1, 0.15) is 0 Å². The Hall–Kier alpha value is -2.89. The molecule has 19 heavy (non-hydrogen) atoms. The lowest BCUT2D eigenvalue weighted by molar-refractivity contribution is -0.104. The van der Waals surface area contributed by atoms with Crippen molar-refractivity contribution in [2.24, 2.45) is 0 Å². The highest BCUT2D eigenvalue weighted by atomic mass is 16.4.